The Kier molecular flexibility index (Phi) is 6.72. The van der Waals surface area contributed by atoms with Crippen molar-refractivity contribution in [2.45, 2.75) is 46.2 Å². The van der Waals surface area contributed by atoms with Crippen LogP contribution in [0.1, 0.15) is 34.6 Å². The van der Waals surface area contributed by atoms with Gasteiger partial charge in [0.15, 0.2) is 0 Å². The van der Waals surface area contributed by atoms with Gasteiger partial charge in [0.1, 0.15) is 6.04 Å². The van der Waals surface area contributed by atoms with Crippen molar-refractivity contribution in [3.63, 3.8) is 0 Å². The SMILES string of the molecule is C=C/C=C(NC(=O)C(C)N(C(=O)O)C(C)(C)C)\C(N)=C/C. The van der Waals surface area contributed by atoms with Gasteiger partial charge >= 0.3 is 6.09 Å². The van der Waals surface area contributed by atoms with Crippen LogP contribution in [-0.2, 0) is 4.79 Å². The van der Waals surface area contributed by atoms with E-state index >= 15 is 0 Å². The first-order valence-corrected chi connectivity index (χ1v) is 6.64. The van der Waals surface area contributed by atoms with E-state index in [2.05, 4.69) is 11.9 Å². The van der Waals surface area contributed by atoms with E-state index in [1.54, 1.807) is 39.8 Å². The molecule has 0 radical (unpaired) electrons. The zero-order valence-corrected chi connectivity index (χ0v) is 13.3. The molecule has 4 N–H and O–H groups in total. The third-order valence-corrected chi connectivity index (χ3v) is 2.86. The highest BCUT2D eigenvalue weighted by Gasteiger charge is 2.34. The fourth-order valence-corrected chi connectivity index (χ4v) is 1.87. The lowest BCUT2D eigenvalue weighted by molar-refractivity contribution is -0.126. The summed E-state index contributed by atoms with van der Waals surface area (Å²) in [5.74, 6) is -0.453. The number of amides is 2. The highest BCUT2D eigenvalue weighted by Crippen LogP contribution is 2.18. The van der Waals surface area contributed by atoms with Crippen molar-refractivity contribution >= 4 is 12.0 Å². The van der Waals surface area contributed by atoms with Crippen molar-refractivity contribution in [2.75, 3.05) is 0 Å². The van der Waals surface area contributed by atoms with Crippen LogP contribution in [0.25, 0.3) is 0 Å². The Labute approximate surface area is 126 Å². The average Bonchev–Trinajstić information content (AvgIpc) is 2.34. The normalized spacial score (nSPS) is 14.3. The Balaban J connectivity index is 5.29. The number of hydrogen-bond donors (Lipinski definition) is 3. The molecule has 1 unspecified atom stereocenters. The van der Waals surface area contributed by atoms with Crippen molar-refractivity contribution in [1.29, 1.82) is 0 Å². The quantitative estimate of drug-likeness (QED) is 0.677. The van der Waals surface area contributed by atoms with Crippen LogP contribution in [0.4, 0.5) is 4.79 Å². The second kappa shape index (κ2) is 7.52. The number of nitrogens with zero attached hydrogens (tertiary/aromatic N) is 1. The molecular weight excluding hydrogens is 270 g/mol. The molecule has 0 spiro atoms. The molecule has 0 aromatic rings. The third-order valence-electron chi connectivity index (χ3n) is 2.86. The van der Waals surface area contributed by atoms with Gasteiger partial charge in [-0.2, -0.15) is 0 Å². The molecule has 0 aliphatic heterocycles. The Morgan fingerprint density at radius 3 is 2.24 bits per heavy atom. The number of carbonyl (C=O) groups is 2. The van der Waals surface area contributed by atoms with Crippen LogP contribution in [-0.4, -0.2) is 33.6 Å². The maximum absolute atomic E-state index is 12.3. The van der Waals surface area contributed by atoms with Crippen molar-refractivity contribution in [1.82, 2.24) is 10.2 Å². The lowest BCUT2D eigenvalue weighted by atomic mass is 10.0. The molecule has 2 amide bonds. The average molecular weight is 295 g/mol. The van der Waals surface area contributed by atoms with Crippen LogP contribution < -0.4 is 11.1 Å². The van der Waals surface area contributed by atoms with Gasteiger partial charge in [-0.15, -0.1) is 0 Å². The maximum atomic E-state index is 12.3. The van der Waals surface area contributed by atoms with E-state index in [0.29, 0.717) is 11.4 Å². The van der Waals surface area contributed by atoms with Crippen molar-refractivity contribution < 1.29 is 14.7 Å². The van der Waals surface area contributed by atoms with E-state index in [9.17, 15) is 14.7 Å². The zero-order chi connectivity index (χ0) is 16.8. The number of carboxylic acid groups (broad SMARTS) is 1. The van der Waals surface area contributed by atoms with Gasteiger partial charge in [-0.3, -0.25) is 9.69 Å². The van der Waals surface area contributed by atoms with Gasteiger partial charge in [0.05, 0.1) is 11.4 Å². The second-order valence-electron chi connectivity index (χ2n) is 5.55. The van der Waals surface area contributed by atoms with E-state index in [4.69, 9.17) is 5.73 Å². The summed E-state index contributed by atoms with van der Waals surface area (Å²) in [6, 6.07) is -0.861. The van der Waals surface area contributed by atoms with E-state index in [-0.39, 0.29) is 0 Å². The summed E-state index contributed by atoms with van der Waals surface area (Å²) >= 11 is 0. The minimum Gasteiger partial charge on any atom is -0.465 e. The highest BCUT2D eigenvalue weighted by atomic mass is 16.4. The van der Waals surface area contributed by atoms with Gasteiger partial charge in [0.25, 0.3) is 0 Å². The topological polar surface area (TPSA) is 95.7 Å². The molecule has 0 fully saturated rings. The number of nitrogens with one attached hydrogen (secondary N) is 1. The zero-order valence-electron chi connectivity index (χ0n) is 13.3. The number of rotatable bonds is 5. The molecule has 6 nitrogen and oxygen atoms in total. The summed E-state index contributed by atoms with van der Waals surface area (Å²) in [6.45, 7) is 12.0. The molecule has 0 aromatic heterocycles. The Morgan fingerprint density at radius 1 is 1.38 bits per heavy atom. The molecule has 0 aromatic carbocycles. The first-order valence-electron chi connectivity index (χ1n) is 6.64. The number of allylic oxidation sites excluding steroid dienone is 3. The molecule has 6 heteroatoms. The molecule has 21 heavy (non-hydrogen) atoms. The second-order valence-corrected chi connectivity index (χ2v) is 5.55. The maximum Gasteiger partial charge on any atom is 0.408 e. The number of carbonyl (C=O) groups excluding carboxylic acids is 1. The summed E-state index contributed by atoms with van der Waals surface area (Å²) in [7, 11) is 0. The van der Waals surface area contributed by atoms with Crippen LogP contribution in [0.15, 0.2) is 36.2 Å². The molecule has 0 saturated heterocycles. The highest BCUT2D eigenvalue weighted by molar-refractivity contribution is 5.87. The fourth-order valence-electron chi connectivity index (χ4n) is 1.87. The monoisotopic (exact) mass is 295 g/mol. The van der Waals surface area contributed by atoms with Crippen LogP contribution in [0.2, 0.25) is 0 Å². The summed E-state index contributed by atoms with van der Waals surface area (Å²) < 4.78 is 0. The van der Waals surface area contributed by atoms with Gasteiger partial charge in [-0.25, -0.2) is 4.79 Å². The summed E-state index contributed by atoms with van der Waals surface area (Å²) in [5.41, 5.74) is 5.85. The van der Waals surface area contributed by atoms with Crippen molar-refractivity contribution in [3.05, 3.63) is 36.2 Å². The number of nitrogens with two attached hydrogens (primary N) is 1. The van der Waals surface area contributed by atoms with E-state index in [1.807, 2.05) is 0 Å². The predicted molar refractivity (Wildman–Crippen MR) is 83.4 cm³/mol. The third kappa shape index (κ3) is 5.33. The summed E-state index contributed by atoms with van der Waals surface area (Å²) in [6.07, 6.45) is 3.54. The lowest BCUT2D eigenvalue weighted by Gasteiger charge is -2.37. The van der Waals surface area contributed by atoms with E-state index in [1.165, 1.54) is 13.0 Å². The minimum atomic E-state index is -1.15. The van der Waals surface area contributed by atoms with Crippen molar-refractivity contribution in [2.24, 2.45) is 5.73 Å². The van der Waals surface area contributed by atoms with Crippen molar-refractivity contribution in [3.8, 4) is 0 Å². The Hall–Kier alpha value is -2.24. The molecule has 0 bridgehead atoms. The molecule has 118 valence electrons. The van der Waals surface area contributed by atoms with Crippen LogP contribution in [0.5, 0.6) is 0 Å². The lowest BCUT2D eigenvalue weighted by Crippen LogP contribution is -2.55. The van der Waals surface area contributed by atoms with Crippen LogP contribution in [0.3, 0.4) is 0 Å². The molecule has 0 aliphatic rings. The largest absolute Gasteiger partial charge is 0.465 e. The molecule has 1 atom stereocenters. The smallest absolute Gasteiger partial charge is 0.408 e. The summed E-state index contributed by atoms with van der Waals surface area (Å²) in [5, 5.41) is 11.9. The van der Waals surface area contributed by atoms with Gasteiger partial charge in [-0.05, 0) is 40.7 Å². The van der Waals surface area contributed by atoms with Gasteiger partial charge in [0.2, 0.25) is 5.91 Å². The first kappa shape index (κ1) is 18.8. The predicted octanol–water partition coefficient (Wildman–Crippen LogP) is 2.20. The Bertz CT molecular complexity index is 473. The van der Waals surface area contributed by atoms with Crippen LogP contribution in [0, 0.1) is 0 Å². The van der Waals surface area contributed by atoms with Gasteiger partial charge < -0.3 is 16.2 Å². The molecule has 0 aliphatic carbocycles. The molecular formula is C15H25N3O3. The minimum absolute atomic E-state index is 0.382. The van der Waals surface area contributed by atoms with Gasteiger partial charge in [0, 0.05) is 5.54 Å². The summed E-state index contributed by atoms with van der Waals surface area (Å²) in [4.78, 5) is 24.7. The fraction of sp³-hybridized carbons (Fsp3) is 0.467. The van der Waals surface area contributed by atoms with Gasteiger partial charge in [-0.1, -0.05) is 18.7 Å². The number of hydrogen-bond acceptors (Lipinski definition) is 3. The first-order chi connectivity index (χ1) is 9.56. The van der Waals surface area contributed by atoms with E-state index < -0.39 is 23.6 Å². The Morgan fingerprint density at radius 2 is 1.90 bits per heavy atom. The van der Waals surface area contributed by atoms with E-state index in [0.717, 1.165) is 4.90 Å². The molecule has 0 heterocycles. The van der Waals surface area contributed by atoms with Crippen LogP contribution >= 0.6 is 0 Å². The standard InChI is InChI=1S/C15H25N3O3/c1-7-9-12(11(16)8-2)17-13(19)10(3)18(14(20)21)15(4,5)6/h7-10H,1,16H2,2-6H3,(H,17,19)(H,20,21)/b11-8+,12-9+. The molecule has 0 saturated carbocycles. The molecule has 0 rings (SSSR count).